The fourth-order valence-corrected chi connectivity index (χ4v) is 4.67. The van der Waals surface area contributed by atoms with Gasteiger partial charge in [0.25, 0.3) is 0 Å². The number of methoxy groups -OCH3 is 1. The van der Waals surface area contributed by atoms with Crippen LogP contribution in [-0.2, 0) is 4.79 Å². The molecule has 3 rings (SSSR count). The van der Waals surface area contributed by atoms with E-state index in [2.05, 4.69) is 16.9 Å². The topological polar surface area (TPSA) is 81.0 Å². The second-order valence-corrected chi connectivity index (χ2v) is 9.72. The summed E-state index contributed by atoms with van der Waals surface area (Å²) in [5.41, 5.74) is 1.37. The first-order valence-electron chi connectivity index (χ1n) is 12.6. The predicted molar refractivity (Wildman–Crippen MR) is 144 cm³/mol. The van der Waals surface area contributed by atoms with Crippen molar-refractivity contribution in [2.24, 2.45) is 4.99 Å². The van der Waals surface area contributed by atoms with Gasteiger partial charge in [-0.15, -0.1) is 0 Å². The number of carbonyl (C=O) groups excluding carboxylic acids is 1. The Balaban J connectivity index is 1.40. The van der Waals surface area contributed by atoms with E-state index < -0.39 is 0 Å². The zero-order valence-corrected chi connectivity index (χ0v) is 21.6. The molecule has 0 bridgehead atoms. The van der Waals surface area contributed by atoms with Crippen LogP contribution in [0.15, 0.2) is 41.4 Å². The molecule has 0 radical (unpaired) electrons. The molecule has 0 aliphatic heterocycles. The third-order valence-corrected chi connectivity index (χ3v) is 6.79. The number of rotatable bonds is 15. The molecule has 0 atom stereocenters. The molecule has 1 heterocycles. The minimum atomic E-state index is -0.268. The highest BCUT2D eigenvalue weighted by molar-refractivity contribution is 7.22. The van der Waals surface area contributed by atoms with Gasteiger partial charge in [-0.25, -0.2) is 9.98 Å². The van der Waals surface area contributed by atoms with Gasteiger partial charge in [-0.3, -0.25) is 4.79 Å². The Bertz CT molecular complexity index is 1110. The Labute approximate surface area is 212 Å². The first-order valence-corrected chi connectivity index (χ1v) is 13.4. The van der Waals surface area contributed by atoms with Crippen molar-refractivity contribution in [1.82, 2.24) is 4.98 Å². The molecule has 1 aromatic heterocycles. The van der Waals surface area contributed by atoms with Crippen molar-refractivity contribution >= 4 is 38.9 Å². The number of hydrogen-bond acceptors (Lipinski definition) is 7. The number of nitrogens with zero attached hydrogens (tertiary/aromatic N) is 2. The number of carbonyl (C=O) groups is 1. The number of esters is 1. The Hall–Kier alpha value is -2.93. The number of thiazole rings is 1. The van der Waals surface area contributed by atoms with Crippen molar-refractivity contribution in [1.29, 1.82) is 0 Å². The maximum Gasteiger partial charge on any atom is 0.311 e. The molecule has 35 heavy (non-hydrogen) atoms. The second kappa shape index (κ2) is 14.5. The van der Waals surface area contributed by atoms with E-state index >= 15 is 0 Å². The van der Waals surface area contributed by atoms with Gasteiger partial charge in [0.05, 0.1) is 17.3 Å². The van der Waals surface area contributed by atoms with E-state index in [1.54, 1.807) is 25.5 Å². The summed E-state index contributed by atoms with van der Waals surface area (Å²) in [5.74, 6) is 0.840. The Morgan fingerprint density at radius 3 is 2.34 bits per heavy atom. The summed E-state index contributed by atoms with van der Waals surface area (Å²) in [6.07, 6.45) is 14.2. The monoisotopic (exact) mass is 496 g/mol. The van der Waals surface area contributed by atoms with Crippen molar-refractivity contribution in [2.45, 2.75) is 77.6 Å². The lowest BCUT2D eigenvalue weighted by Crippen LogP contribution is -2.07. The van der Waals surface area contributed by atoms with Gasteiger partial charge in [-0.05, 0) is 36.8 Å². The molecule has 2 aromatic carbocycles. The third-order valence-electron chi connectivity index (χ3n) is 5.87. The molecule has 0 aliphatic rings. The fraction of sp³-hybridized carbons (Fsp3) is 0.464. The lowest BCUT2D eigenvalue weighted by atomic mass is 10.1. The highest BCUT2D eigenvalue weighted by atomic mass is 32.1. The van der Waals surface area contributed by atoms with E-state index in [1.807, 2.05) is 18.2 Å². The zero-order valence-electron chi connectivity index (χ0n) is 20.8. The minimum absolute atomic E-state index is 0.000710. The van der Waals surface area contributed by atoms with Crippen LogP contribution in [0.1, 0.15) is 83.1 Å². The van der Waals surface area contributed by atoms with Crippen LogP contribution in [0.4, 0.5) is 5.13 Å². The first kappa shape index (κ1) is 26.7. The lowest BCUT2D eigenvalue weighted by molar-refractivity contribution is -0.134. The van der Waals surface area contributed by atoms with E-state index in [1.165, 1.54) is 62.3 Å². The highest BCUT2D eigenvalue weighted by Crippen LogP contribution is 2.31. The molecule has 3 aromatic rings. The Kier molecular flexibility index (Phi) is 11.0. The summed E-state index contributed by atoms with van der Waals surface area (Å²) >= 11 is 1.44. The molecule has 1 N–H and O–H groups in total. The summed E-state index contributed by atoms with van der Waals surface area (Å²) < 4.78 is 11.6. The maximum atomic E-state index is 12.1. The number of ether oxygens (including phenoxy) is 2. The van der Waals surface area contributed by atoms with Crippen LogP contribution >= 0.6 is 11.3 Å². The fourth-order valence-electron chi connectivity index (χ4n) is 3.84. The molecule has 0 saturated heterocycles. The normalized spacial score (nSPS) is 11.4. The predicted octanol–water partition coefficient (Wildman–Crippen LogP) is 7.98. The number of aliphatic imine (C=N–C) groups is 1. The molecule has 0 saturated carbocycles. The summed E-state index contributed by atoms with van der Waals surface area (Å²) in [7, 11) is 1.63. The van der Waals surface area contributed by atoms with Gasteiger partial charge < -0.3 is 14.6 Å². The second-order valence-electron chi connectivity index (χ2n) is 8.71. The smallest absolute Gasteiger partial charge is 0.311 e. The summed E-state index contributed by atoms with van der Waals surface area (Å²) in [4.78, 5) is 21.0. The van der Waals surface area contributed by atoms with Crippen molar-refractivity contribution in [2.75, 3.05) is 7.11 Å². The number of fused-ring (bicyclic) bond motifs is 1. The van der Waals surface area contributed by atoms with Crippen LogP contribution < -0.4 is 9.47 Å². The Morgan fingerprint density at radius 2 is 1.66 bits per heavy atom. The molecule has 6 nitrogen and oxygen atoms in total. The number of aromatic nitrogens is 1. The number of benzene rings is 2. The standard InChI is InChI=1S/C28H36N2O4S/c1-3-4-5-6-7-8-9-10-11-12-13-27(32)34-23-15-14-21(25(31)18-23)20-29-28-30-24-17-16-22(33-2)19-26(24)35-28/h14-20,31H,3-13H2,1-2H3/b29-20+. The van der Waals surface area contributed by atoms with Gasteiger partial charge in [-0.2, -0.15) is 0 Å². The van der Waals surface area contributed by atoms with E-state index in [0.717, 1.165) is 35.2 Å². The number of aromatic hydroxyl groups is 1. The van der Waals surface area contributed by atoms with Crippen LogP contribution in [0.5, 0.6) is 17.2 Å². The van der Waals surface area contributed by atoms with E-state index in [4.69, 9.17) is 9.47 Å². The van der Waals surface area contributed by atoms with Crippen molar-refractivity contribution < 1.29 is 19.4 Å². The number of phenols is 1. The molecule has 7 heteroatoms. The molecular formula is C28H36N2O4S. The van der Waals surface area contributed by atoms with Gasteiger partial charge in [0, 0.05) is 24.3 Å². The Morgan fingerprint density at radius 1 is 0.971 bits per heavy atom. The van der Waals surface area contributed by atoms with Crippen LogP contribution in [0, 0.1) is 0 Å². The summed E-state index contributed by atoms with van der Waals surface area (Å²) in [6, 6.07) is 10.5. The van der Waals surface area contributed by atoms with Gasteiger partial charge in [-0.1, -0.05) is 76.0 Å². The van der Waals surface area contributed by atoms with E-state index in [0.29, 0.717) is 22.9 Å². The van der Waals surface area contributed by atoms with Crippen LogP contribution in [0.3, 0.4) is 0 Å². The molecule has 0 fully saturated rings. The van der Waals surface area contributed by atoms with Crippen molar-refractivity contribution in [3.63, 3.8) is 0 Å². The van der Waals surface area contributed by atoms with Gasteiger partial charge in [0.2, 0.25) is 5.13 Å². The van der Waals surface area contributed by atoms with Crippen LogP contribution in [0.2, 0.25) is 0 Å². The quantitative estimate of drug-likeness (QED) is 0.0998. The molecular weight excluding hydrogens is 460 g/mol. The third kappa shape index (κ3) is 8.98. The van der Waals surface area contributed by atoms with Gasteiger partial charge in [0.15, 0.2) is 0 Å². The van der Waals surface area contributed by atoms with E-state index in [9.17, 15) is 9.90 Å². The summed E-state index contributed by atoms with van der Waals surface area (Å²) in [6.45, 7) is 2.24. The average Bonchev–Trinajstić information content (AvgIpc) is 3.26. The largest absolute Gasteiger partial charge is 0.507 e. The zero-order chi connectivity index (χ0) is 24.9. The molecule has 188 valence electrons. The molecule has 0 unspecified atom stereocenters. The number of unbranched alkanes of at least 4 members (excludes halogenated alkanes) is 9. The minimum Gasteiger partial charge on any atom is -0.507 e. The van der Waals surface area contributed by atoms with Crippen LogP contribution in [-0.4, -0.2) is 29.4 Å². The first-order chi connectivity index (χ1) is 17.1. The highest BCUT2D eigenvalue weighted by Gasteiger charge is 2.08. The molecule has 0 amide bonds. The van der Waals surface area contributed by atoms with Gasteiger partial charge >= 0.3 is 5.97 Å². The van der Waals surface area contributed by atoms with Crippen molar-refractivity contribution in [3.8, 4) is 17.2 Å². The van der Waals surface area contributed by atoms with Crippen molar-refractivity contribution in [3.05, 3.63) is 42.0 Å². The molecule has 0 spiro atoms. The van der Waals surface area contributed by atoms with Crippen LogP contribution in [0.25, 0.3) is 10.2 Å². The number of phenolic OH excluding ortho intramolecular Hbond substituents is 1. The van der Waals surface area contributed by atoms with E-state index in [-0.39, 0.29) is 11.7 Å². The SMILES string of the molecule is CCCCCCCCCCCCC(=O)Oc1ccc(/C=N/c2nc3ccc(OC)cc3s2)c(O)c1. The lowest BCUT2D eigenvalue weighted by Gasteiger charge is -2.06. The summed E-state index contributed by atoms with van der Waals surface area (Å²) in [5, 5.41) is 10.9. The number of hydrogen-bond donors (Lipinski definition) is 1. The average molecular weight is 497 g/mol. The van der Waals surface area contributed by atoms with Gasteiger partial charge in [0.1, 0.15) is 17.2 Å². The molecule has 0 aliphatic carbocycles. The maximum absolute atomic E-state index is 12.1.